The lowest BCUT2D eigenvalue weighted by atomic mass is 10.2. The van der Waals surface area contributed by atoms with Crippen molar-refractivity contribution in [1.29, 1.82) is 0 Å². The normalized spacial score (nSPS) is 11.4. The van der Waals surface area contributed by atoms with Gasteiger partial charge in [-0.15, -0.1) is 0 Å². The maximum atomic E-state index is 13.5. The Hall–Kier alpha value is -5.28. The number of aromatic nitrogens is 3. The molecule has 0 saturated heterocycles. The Morgan fingerprint density at radius 2 is 1.50 bits per heavy atom. The fraction of sp³-hybridized carbons (Fsp3) is 0.0606. The summed E-state index contributed by atoms with van der Waals surface area (Å²) in [5.41, 5.74) is 5.15. The van der Waals surface area contributed by atoms with Crippen molar-refractivity contribution in [3.8, 4) is 17.1 Å². The Bertz CT molecular complexity index is 2010. The van der Waals surface area contributed by atoms with Gasteiger partial charge >= 0.3 is 0 Å². The highest BCUT2D eigenvalue weighted by atomic mass is 32.2. The molecule has 0 bridgehead atoms. The number of rotatable bonds is 7. The molecule has 2 aromatic heterocycles. The summed E-state index contributed by atoms with van der Waals surface area (Å²) in [5.74, 6) is 0.477. The maximum absolute atomic E-state index is 13.5. The van der Waals surface area contributed by atoms with Crippen molar-refractivity contribution >= 4 is 34.6 Å². The Morgan fingerprint density at radius 1 is 0.857 bits per heavy atom. The number of aryl methyl sites for hydroxylation is 1. The smallest absolute Gasteiger partial charge is 0.282 e. The average molecular weight is 572 g/mol. The van der Waals surface area contributed by atoms with Gasteiger partial charge in [-0.05, 0) is 68.4 Å². The van der Waals surface area contributed by atoms with Gasteiger partial charge in [0.1, 0.15) is 0 Å². The van der Waals surface area contributed by atoms with Gasteiger partial charge in [-0.25, -0.2) is 4.98 Å². The maximum Gasteiger partial charge on any atom is 0.282 e. The Balaban J connectivity index is 1.31. The molecular formula is C33H25N5O3S. The zero-order valence-corrected chi connectivity index (χ0v) is 23.7. The molecular weight excluding hydrogens is 546 g/mol. The van der Waals surface area contributed by atoms with E-state index in [9.17, 15) is 14.9 Å². The zero-order chi connectivity index (χ0) is 29.2. The molecule has 0 unspecified atom stereocenters. The molecule has 0 saturated carbocycles. The van der Waals surface area contributed by atoms with Crippen molar-refractivity contribution in [2.75, 3.05) is 0 Å². The molecule has 0 atom stereocenters. The van der Waals surface area contributed by atoms with Crippen LogP contribution in [0.5, 0.6) is 0 Å². The summed E-state index contributed by atoms with van der Waals surface area (Å²) in [7, 11) is 0. The van der Waals surface area contributed by atoms with Crippen molar-refractivity contribution in [2.24, 2.45) is 5.10 Å². The first-order chi connectivity index (χ1) is 20.4. The molecule has 0 fully saturated rings. The molecule has 0 aliphatic rings. The second-order valence-corrected chi connectivity index (χ2v) is 10.8. The molecule has 6 rings (SSSR count). The third-order valence-electron chi connectivity index (χ3n) is 6.95. The molecule has 4 aromatic carbocycles. The lowest BCUT2D eigenvalue weighted by Gasteiger charge is -2.11. The monoisotopic (exact) mass is 571 g/mol. The number of para-hydroxylation sites is 1. The third-order valence-corrected chi connectivity index (χ3v) is 7.96. The van der Waals surface area contributed by atoms with E-state index in [0.717, 1.165) is 38.0 Å². The highest BCUT2D eigenvalue weighted by molar-refractivity contribution is 7.99. The van der Waals surface area contributed by atoms with E-state index in [2.05, 4.69) is 9.67 Å². The van der Waals surface area contributed by atoms with E-state index < -0.39 is 4.92 Å². The summed E-state index contributed by atoms with van der Waals surface area (Å²) in [6, 6.07) is 33.6. The highest BCUT2D eigenvalue weighted by Gasteiger charge is 2.14. The van der Waals surface area contributed by atoms with E-state index in [1.54, 1.807) is 36.2 Å². The van der Waals surface area contributed by atoms with Crippen LogP contribution in [0, 0.1) is 24.0 Å². The van der Waals surface area contributed by atoms with Crippen LogP contribution in [0.4, 0.5) is 5.69 Å². The first-order valence-corrected chi connectivity index (χ1v) is 14.0. The molecule has 0 N–H and O–H groups in total. The summed E-state index contributed by atoms with van der Waals surface area (Å²) < 4.78 is 3.51. The number of nitro groups is 1. The Labute approximate surface area is 245 Å². The van der Waals surface area contributed by atoms with E-state index in [-0.39, 0.29) is 11.2 Å². The SMILES string of the molecule is Cc1cc(C=Nn2c(-c3ccccc3)nc3ccccc3c2=O)c(C)n1-c1ccc(Sc2ccc([N+](=O)[O-])cc2)cc1. The fourth-order valence-electron chi connectivity index (χ4n) is 4.88. The Morgan fingerprint density at radius 3 is 2.19 bits per heavy atom. The van der Waals surface area contributed by atoms with E-state index in [0.29, 0.717) is 16.7 Å². The predicted molar refractivity (Wildman–Crippen MR) is 167 cm³/mol. The van der Waals surface area contributed by atoms with Crippen LogP contribution < -0.4 is 5.56 Å². The minimum absolute atomic E-state index is 0.0747. The molecule has 0 aliphatic heterocycles. The van der Waals surface area contributed by atoms with Crippen molar-refractivity contribution in [3.63, 3.8) is 0 Å². The van der Waals surface area contributed by atoms with Gasteiger partial charge in [0.05, 0.1) is 22.0 Å². The predicted octanol–water partition coefficient (Wildman–Crippen LogP) is 7.41. The molecule has 0 amide bonds. The van der Waals surface area contributed by atoms with Crippen LogP contribution in [-0.4, -0.2) is 25.4 Å². The molecule has 42 heavy (non-hydrogen) atoms. The van der Waals surface area contributed by atoms with Crippen molar-refractivity contribution in [1.82, 2.24) is 14.2 Å². The van der Waals surface area contributed by atoms with Gasteiger partial charge in [0.15, 0.2) is 5.82 Å². The number of non-ortho nitro benzene ring substituents is 1. The van der Waals surface area contributed by atoms with Crippen molar-refractivity contribution < 1.29 is 4.92 Å². The highest BCUT2D eigenvalue weighted by Crippen LogP contribution is 2.30. The number of hydrogen-bond acceptors (Lipinski definition) is 6. The van der Waals surface area contributed by atoms with Gasteiger partial charge in [0.2, 0.25) is 0 Å². The van der Waals surface area contributed by atoms with Gasteiger partial charge in [-0.1, -0.05) is 54.2 Å². The molecule has 0 radical (unpaired) electrons. The van der Waals surface area contributed by atoms with Gasteiger partial charge in [-0.2, -0.15) is 9.78 Å². The lowest BCUT2D eigenvalue weighted by molar-refractivity contribution is -0.384. The summed E-state index contributed by atoms with van der Waals surface area (Å²) in [6.45, 7) is 4.05. The quantitative estimate of drug-likeness (QED) is 0.113. The molecule has 8 nitrogen and oxygen atoms in total. The molecule has 2 heterocycles. The molecule has 0 aliphatic carbocycles. The van der Waals surface area contributed by atoms with Crippen LogP contribution in [0.2, 0.25) is 0 Å². The number of fused-ring (bicyclic) bond motifs is 1. The molecule has 206 valence electrons. The van der Waals surface area contributed by atoms with Crippen LogP contribution in [0.25, 0.3) is 28.0 Å². The standard InChI is InChI=1S/C33H25N5O3S/c1-22-20-25(21-34-37-32(24-8-4-3-5-9-24)35-31-11-7-6-10-30(31)33(37)39)23(2)36(22)26-12-16-28(17-13-26)42-29-18-14-27(15-19-29)38(40)41/h3-21H,1-2H3. The van der Waals surface area contributed by atoms with Crippen LogP contribution in [0.1, 0.15) is 17.0 Å². The summed E-state index contributed by atoms with van der Waals surface area (Å²) >= 11 is 1.54. The fourth-order valence-corrected chi connectivity index (χ4v) is 5.69. The minimum atomic E-state index is -0.400. The second kappa shape index (κ2) is 11.3. The first kappa shape index (κ1) is 26.9. The third kappa shape index (κ3) is 5.25. The summed E-state index contributed by atoms with van der Waals surface area (Å²) in [6.07, 6.45) is 1.71. The van der Waals surface area contributed by atoms with Crippen molar-refractivity contribution in [3.05, 3.63) is 147 Å². The number of benzene rings is 4. The second-order valence-electron chi connectivity index (χ2n) is 9.69. The van der Waals surface area contributed by atoms with Crippen LogP contribution in [0.3, 0.4) is 0 Å². The van der Waals surface area contributed by atoms with Crippen LogP contribution in [0.15, 0.2) is 129 Å². The van der Waals surface area contributed by atoms with Crippen LogP contribution in [-0.2, 0) is 0 Å². The van der Waals surface area contributed by atoms with E-state index in [1.807, 2.05) is 92.7 Å². The van der Waals surface area contributed by atoms with Gasteiger partial charge in [-0.3, -0.25) is 14.9 Å². The first-order valence-electron chi connectivity index (χ1n) is 13.2. The average Bonchev–Trinajstić information content (AvgIpc) is 3.30. The van der Waals surface area contributed by atoms with Gasteiger partial charge in [0, 0.05) is 50.1 Å². The van der Waals surface area contributed by atoms with Gasteiger partial charge in [0.25, 0.3) is 11.2 Å². The zero-order valence-electron chi connectivity index (χ0n) is 22.8. The largest absolute Gasteiger partial charge is 0.318 e. The van der Waals surface area contributed by atoms with Crippen molar-refractivity contribution in [2.45, 2.75) is 23.6 Å². The lowest BCUT2D eigenvalue weighted by Crippen LogP contribution is -2.20. The molecule has 0 spiro atoms. The van der Waals surface area contributed by atoms with E-state index in [4.69, 9.17) is 4.98 Å². The molecule has 9 heteroatoms. The van der Waals surface area contributed by atoms with Crippen LogP contribution >= 0.6 is 11.8 Å². The number of nitrogens with zero attached hydrogens (tertiary/aromatic N) is 5. The van der Waals surface area contributed by atoms with E-state index >= 15 is 0 Å². The van der Waals surface area contributed by atoms with E-state index in [1.165, 1.54) is 16.8 Å². The number of hydrogen-bond donors (Lipinski definition) is 0. The number of nitro benzene ring substituents is 1. The summed E-state index contributed by atoms with van der Waals surface area (Å²) in [4.78, 5) is 30.7. The summed E-state index contributed by atoms with van der Waals surface area (Å²) in [5, 5.41) is 16.1. The molecule has 6 aromatic rings. The topological polar surface area (TPSA) is 95.3 Å². The Kier molecular flexibility index (Phi) is 7.24. The van der Waals surface area contributed by atoms with Gasteiger partial charge < -0.3 is 4.57 Å². The minimum Gasteiger partial charge on any atom is -0.318 e.